The number of likely N-dealkylation sites (tertiary alicyclic amines) is 1. The van der Waals surface area contributed by atoms with E-state index in [2.05, 4.69) is 65.9 Å². The molecule has 0 saturated carbocycles. The van der Waals surface area contributed by atoms with Crippen LogP contribution in [0.15, 0.2) is 28.7 Å². The van der Waals surface area contributed by atoms with Crippen molar-refractivity contribution in [3.05, 3.63) is 34.3 Å². The Morgan fingerprint density at radius 1 is 1.35 bits per heavy atom. The van der Waals surface area contributed by atoms with Crippen molar-refractivity contribution in [2.24, 2.45) is 17.6 Å². The normalized spacial score (nSPS) is 23.2. The highest BCUT2D eigenvalue weighted by atomic mass is 79.9. The summed E-state index contributed by atoms with van der Waals surface area (Å²) in [6.45, 7) is 9.20. The lowest BCUT2D eigenvalue weighted by Crippen LogP contribution is -2.40. The van der Waals surface area contributed by atoms with Crippen LogP contribution in [-0.4, -0.2) is 24.0 Å². The van der Waals surface area contributed by atoms with Gasteiger partial charge in [0.25, 0.3) is 0 Å². The molecule has 2 rings (SSSR count). The van der Waals surface area contributed by atoms with E-state index >= 15 is 0 Å². The van der Waals surface area contributed by atoms with E-state index in [9.17, 15) is 0 Å². The number of nitrogens with zero attached hydrogens (tertiary/aromatic N) is 1. The molecule has 1 aromatic carbocycles. The minimum Gasteiger partial charge on any atom is -0.326 e. The van der Waals surface area contributed by atoms with Crippen molar-refractivity contribution in [3.8, 4) is 0 Å². The van der Waals surface area contributed by atoms with Crippen LogP contribution in [-0.2, 0) is 0 Å². The van der Waals surface area contributed by atoms with Crippen LogP contribution in [0.2, 0.25) is 0 Å². The molecule has 0 bridgehead atoms. The SMILES string of the molecule is CCC(N)C(c1ccccc1Br)N1CCC(C(C)C)C1. The fourth-order valence-corrected chi connectivity index (χ4v) is 3.77. The van der Waals surface area contributed by atoms with Crippen LogP contribution in [0.1, 0.15) is 45.2 Å². The average molecular weight is 339 g/mol. The molecule has 0 aromatic heterocycles. The minimum absolute atomic E-state index is 0.194. The second-order valence-electron chi connectivity index (χ2n) is 6.33. The molecule has 20 heavy (non-hydrogen) atoms. The zero-order valence-corrected chi connectivity index (χ0v) is 14.4. The van der Waals surface area contributed by atoms with Crippen LogP contribution in [0.4, 0.5) is 0 Å². The van der Waals surface area contributed by atoms with E-state index in [1.54, 1.807) is 0 Å². The number of rotatable bonds is 5. The molecule has 1 heterocycles. The summed E-state index contributed by atoms with van der Waals surface area (Å²) in [7, 11) is 0. The molecule has 3 atom stereocenters. The molecule has 1 aliphatic heterocycles. The molecule has 0 spiro atoms. The summed E-state index contributed by atoms with van der Waals surface area (Å²) in [5, 5.41) is 0. The molecule has 3 unspecified atom stereocenters. The van der Waals surface area contributed by atoms with Crippen LogP contribution in [0.5, 0.6) is 0 Å². The Labute approximate surface area is 131 Å². The lowest BCUT2D eigenvalue weighted by Gasteiger charge is -2.33. The maximum Gasteiger partial charge on any atom is 0.0510 e. The second kappa shape index (κ2) is 7.06. The maximum atomic E-state index is 6.46. The van der Waals surface area contributed by atoms with Gasteiger partial charge in [-0.3, -0.25) is 4.90 Å². The number of nitrogens with two attached hydrogens (primary N) is 1. The van der Waals surface area contributed by atoms with Crippen molar-refractivity contribution < 1.29 is 0 Å². The van der Waals surface area contributed by atoms with Crippen molar-refractivity contribution in [3.63, 3.8) is 0 Å². The number of hydrogen-bond donors (Lipinski definition) is 1. The highest BCUT2D eigenvalue weighted by molar-refractivity contribution is 9.10. The van der Waals surface area contributed by atoms with Crippen molar-refractivity contribution in [1.29, 1.82) is 0 Å². The van der Waals surface area contributed by atoms with E-state index in [1.165, 1.54) is 29.5 Å². The topological polar surface area (TPSA) is 29.3 Å². The van der Waals surface area contributed by atoms with Gasteiger partial charge in [-0.05, 0) is 42.9 Å². The molecule has 2 nitrogen and oxygen atoms in total. The van der Waals surface area contributed by atoms with Gasteiger partial charge in [-0.25, -0.2) is 0 Å². The summed E-state index contributed by atoms with van der Waals surface area (Å²) in [4.78, 5) is 2.60. The van der Waals surface area contributed by atoms with Gasteiger partial charge in [-0.15, -0.1) is 0 Å². The van der Waals surface area contributed by atoms with E-state index < -0.39 is 0 Å². The molecule has 1 saturated heterocycles. The summed E-state index contributed by atoms with van der Waals surface area (Å²) in [5.74, 6) is 1.57. The smallest absolute Gasteiger partial charge is 0.0510 e. The van der Waals surface area contributed by atoms with Crippen LogP contribution in [0.3, 0.4) is 0 Å². The summed E-state index contributed by atoms with van der Waals surface area (Å²) in [6.07, 6.45) is 2.31. The van der Waals surface area contributed by atoms with Gasteiger partial charge in [0.05, 0.1) is 6.04 Å². The van der Waals surface area contributed by atoms with E-state index in [1.807, 2.05) is 0 Å². The van der Waals surface area contributed by atoms with E-state index in [4.69, 9.17) is 5.73 Å². The van der Waals surface area contributed by atoms with Gasteiger partial charge >= 0.3 is 0 Å². The third-order valence-electron chi connectivity index (χ3n) is 4.69. The summed E-state index contributed by atoms with van der Waals surface area (Å²) in [6, 6.07) is 9.06. The third-order valence-corrected chi connectivity index (χ3v) is 5.42. The Morgan fingerprint density at radius 3 is 2.60 bits per heavy atom. The molecule has 1 aromatic rings. The standard InChI is InChI=1S/C17H27BrN2/c1-4-16(19)17(14-7-5-6-8-15(14)18)20-10-9-13(11-20)12(2)3/h5-8,12-13,16-17H,4,9-11,19H2,1-3H3. The Balaban J connectivity index is 2.24. The molecular weight excluding hydrogens is 312 g/mol. The predicted molar refractivity (Wildman–Crippen MR) is 89.7 cm³/mol. The number of benzene rings is 1. The first-order valence-electron chi connectivity index (χ1n) is 7.78. The largest absolute Gasteiger partial charge is 0.326 e. The van der Waals surface area contributed by atoms with Gasteiger partial charge in [0.15, 0.2) is 0 Å². The minimum atomic E-state index is 0.194. The Morgan fingerprint density at radius 2 is 2.05 bits per heavy atom. The fourth-order valence-electron chi connectivity index (χ4n) is 3.25. The Bertz CT molecular complexity index is 433. The van der Waals surface area contributed by atoms with Gasteiger partial charge in [0.1, 0.15) is 0 Å². The van der Waals surface area contributed by atoms with Crippen molar-refractivity contribution in [2.45, 2.75) is 45.7 Å². The first-order valence-corrected chi connectivity index (χ1v) is 8.58. The van der Waals surface area contributed by atoms with E-state index in [-0.39, 0.29) is 6.04 Å². The monoisotopic (exact) mass is 338 g/mol. The zero-order chi connectivity index (χ0) is 14.7. The lowest BCUT2D eigenvalue weighted by molar-refractivity contribution is 0.195. The van der Waals surface area contributed by atoms with Gasteiger partial charge in [0.2, 0.25) is 0 Å². The summed E-state index contributed by atoms with van der Waals surface area (Å²) in [5.41, 5.74) is 7.80. The van der Waals surface area contributed by atoms with E-state index in [0.29, 0.717) is 6.04 Å². The van der Waals surface area contributed by atoms with Gasteiger partial charge in [-0.2, -0.15) is 0 Å². The fraction of sp³-hybridized carbons (Fsp3) is 0.647. The van der Waals surface area contributed by atoms with Crippen molar-refractivity contribution in [1.82, 2.24) is 4.90 Å². The van der Waals surface area contributed by atoms with Gasteiger partial charge in [-0.1, -0.05) is 54.9 Å². The first kappa shape index (κ1) is 16.0. The Hall–Kier alpha value is -0.380. The highest BCUT2D eigenvalue weighted by Crippen LogP contribution is 2.36. The first-order chi connectivity index (χ1) is 9.54. The molecule has 0 amide bonds. The molecule has 0 radical (unpaired) electrons. The Kier molecular flexibility index (Phi) is 5.65. The number of halogens is 1. The highest BCUT2D eigenvalue weighted by Gasteiger charge is 2.33. The predicted octanol–water partition coefficient (Wildman–Crippen LogP) is 4.21. The maximum absolute atomic E-state index is 6.46. The van der Waals surface area contributed by atoms with Crippen LogP contribution in [0.25, 0.3) is 0 Å². The van der Waals surface area contributed by atoms with Crippen molar-refractivity contribution in [2.75, 3.05) is 13.1 Å². The molecule has 1 fully saturated rings. The molecule has 112 valence electrons. The molecule has 2 N–H and O–H groups in total. The van der Waals surface area contributed by atoms with Crippen LogP contribution in [0, 0.1) is 11.8 Å². The third kappa shape index (κ3) is 3.44. The second-order valence-corrected chi connectivity index (χ2v) is 7.18. The van der Waals surface area contributed by atoms with Gasteiger partial charge in [0, 0.05) is 17.1 Å². The lowest BCUT2D eigenvalue weighted by atomic mass is 9.94. The van der Waals surface area contributed by atoms with E-state index in [0.717, 1.165) is 18.3 Å². The average Bonchev–Trinajstić information content (AvgIpc) is 2.90. The molecule has 1 aliphatic rings. The van der Waals surface area contributed by atoms with Crippen LogP contribution >= 0.6 is 15.9 Å². The zero-order valence-electron chi connectivity index (χ0n) is 12.8. The summed E-state index contributed by atoms with van der Waals surface area (Å²) < 4.78 is 1.18. The number of hydrogen-bond acceptors (Lipinski definition) is 2. The quantitative estimate of drug-likeness (QED) is 0.871. The molecule has 3 heteroatoms. The summed E-state index contributed by atoms with van der Waals surface area (Å²) >= 11 is 3.70. The molecule has 0 aliphatic carbocycles. The molecular formula is C17H27BrN2. The van der Waals surface area contributed by atoms with Crippen molar-refractivity contribution >= 4 is 15.9 Å². The van der Waals surface area contributed by atoms with Gasteiger partial charge < -0.3 is 5.73 Å². The van der Waals surface area contributed by atoms with Crippen LogP contribution < -0.4 is 5.73 Å².